The van der Waals surface area contributed by atoms with Gasteiger partial charge in [-0.2, -0.15) is 0 Å². The number of halogens is 1. The van der Waals surface area contributed by atoms with Gasteiger partial charge in [0.1, 0.15) is 6.54 Å². The van der Waals surface area contributed by atoms with E-state index in [9.17, 15) is 14.4 Å². The van der Waals surface area contributed by atoms with Crippen molar-refractivity contribution in [3.63, 3.8) is 0 Å². The Labute approximate surface area is 189 Å². The number of hydrogen-bond acceptors (Lipinski definition) is 7. The average molecular weight is 500 g/mol. The zero-order chi connectivity index (χ0) is 22.1. The molecule has 0 aromatic heterocycles. The lowest BCUT2D eigenvalue weighted by atomic mass is 10.2. The first-order valence-electron chi connectivity index (χ1n) is 9.91. The Morgan fingerprint density at radius 1 is 1.13 bits per heavy atom. The van der Waals surface area contributed by atoms with Crippen LogP contribution in [0.4, 0.5) is 4.79 Å². The quantitative estimate of drug-likeness (QED) is 0.240. The van der Waals surface area contributed by atoms with Crippen LogP contribution < -0.4 is 9.47 Å². The van der Waals surface area contributed by atoms with Crippen LogP contribution in [0.3, 0.4) is 0 Å². The molecular formula is C21H26BrNO6S. The summed E-state index contributed by atoms with van der Waals surface area (Å²) in [6.07, 6.45) is 4.08. The summed E-state index contributed by atoms with van der Waals surface area (Å²) >= 11 is 4.28. The minimum atomic E-state index is -0.592. The van der Waals surface area contributed by atoms with Gasteiger partial charge in [-0.25, -0.2) is 0 Å². The Bertz CT molecular complexity index is 826. The highest BCUT2D eigenvalue weighted by molar-refractivity contribution is 9.10. The molecule has 1 heterocycles. The summed E-state index contributed by atoms with van der Waals surface area (Å²) in [5.41, 5.74) is 0.671. The van der Waals surface area contributed by atoms with Crippen molar-refractivity contribution in [3.05, 3.63) is 27.1 Å². The Kier molecular flexibility index (Phi) is 9.71. The van der Waals surface area contributed by atoms with Crippen LogP contribution in [0.15, 0.2) is 21.5 Å². The van der Waals surface area contributed by atoms with Gasteiger partial charge in [-0.15, -0.1) is 0 Å². The van der Waals surface area contributed by atoms with Crippen molar-refractivity contribution in [1.82, 2.24) is 4.90 Å². The van der Waals surface area contributed by atoms with Crippen LogP contribution >= 0.6 is 27.7 Å². The molecule has 0 saturated carbocycles. The van der Waals surface area contributed by atoms with Gasteiger partial charge in [-0.3, -0.25) is 19.3 Å². The summed E-state index contributed by atoms with van der Waals surface area (Å²) in [5, 5.41) is -0.495. The van der Waals surface area contributed by atoms with Crippen molar-refractivity contribution in [2.75, 3.05) is 26.4 Å². The van der Waals surface area contributed by atoms with Crippen molar-refractivity contribution >= 4 is 50.9 Å². The van der Waals surface area contributed by atoms with Gasteiger partial charge in [0.2, 0.25) is 0 Å². The minimum Gasteiger partial charge on any atom is -0.490 e. The molecule has 30 heavy (non-hydrogen) atoms. The Morgan fingerprint density at radius 2 is 1.90 bits per heavy atom. The maximum atomic E-state index is 12.6. The lowest BCUT2D eigenvalue weighted by molar-refractivity contribution is -0.146. The molecule has 0 radical (unpaired) electrons. The summed E-state index contributed by atoms with van der Waals surface area (Å²) in [5.74, 6) is 0.0349. The third-order valence-electron chi connectivity index (χ3n) is 4.00. The van der Waals surface area contributed by atoms with E-state index in [1.54, 1.807) is 18.2 Å². The molecule has 1 aliphatic rings. The summed E-state index contributed by atoms with van der Waals surface area (Å²) < 4.78 is 17.2. The number of hydrogen-bond donors (Lipinski definition) is 0. The number of nitrogens with zero attached hydrogens (tertiary/aromatic N) is 1. The number of ether oxygens (including phenoxy) is 3. The Balaban J connectivity index is 2.19. The number of rotatable bonds is 11. The summed E-state index contributed by atoms with van der Waals surface area (Å²) in [6.45, 7) is 6.76. The van der Waals surface area contributed by atoms with Crippen LogP contribution in [0.5, 0.6) is 11.5 Å². The zero-order valence-corrected chi connectivity index (χ0v) is 19.8. The van der Waals surface area contributed by atoms with Crippen molar-refractivity contribution in [2.45, 2.75) is 40.0 Å². The molecule has 1 saturated heterocycles. The minimum absolute atomic E-state index is 0.234. The molecule has 164 valence electrons. The van der Waals surface area contributed by atoms with E-state index in [0.29, 0.717) is 34.7 Å². The number of amides is 2. The summed E-state index contributed by atoms with van der Waals surface area (Å²) in [7, 11) is 0. The Morgan fingerprint density at radius 3 is 2.57 bits per heavy atom. The highest BCUT2D eigenvalue weighted by Gasteiger charge is 2.36. The number of esters is 1. The zero-order valence-electron chi connectivity index (χ0n) is 17.4. The lowest BCUT2D eigenvalue weighted by Gasteiger charge is -2.14. The molecular weight excluding hydrogens is 474 g/mol. The fourth-order valence-corrected chi connectivity index (χ4v) is 3.98. The monoisotopic (exact) mass is 499 g/mol. The van der Waals surface area contributed by atoms with Gasteiger partial charge >= 0.3 is 5.97 Å². The second kappa shape index (κ2) is 12.0. The number of thioether (sulfide) groups is 1. The van der Waals surface area contributed by atoms with Crippen molar-refractivity contribution in [1.29, 1.82) is 0 Å². The number of carbonyl (C=O) groups is 3. The molecule has 7 nitrogen and oxygen atoms in total. The first-order valence-corrected chi connectivity index (χ1v) is 11.5. The van der Waals surface area contributed by atoms with Crippen LogP contribution in [0.25, 0.3) is 6.08 Å². The third-order valence-corrected chi connectivity index (χ3v) is 5.50. The van der Waals surface area contributed by atoms with Crippen LogP contribution in [0.2, 0.25) is 0 Å². The van der Waals surface area contributed by atoms with E-state index in [4.69, 9.17) is 14.2 Å². The van der Waals surface area contributed by atoms with Gasteiger partial charge in [-0.1, -0.05) is 20.3 Å². The SMILES string of the molecule is CCCCOC(=O)CN1C(=O)S/C(=C\c2cc(Br)c(OCCC)c(OCC)c2)C1=O. The van der Waals surface area contributed by atoms with E-state index in [2.05, 4.69) is 15.9 Å². The maximum Gasteiger partial charge on any atom is 0.326 e. The van der Waals surface area contributed by atoms with Gasteiger partial charge in [0.15, 0.2) is 11.5 Å². The topological polar surface area (TPSA) is 82.1 Å². The molecule has 1 aromatic rings. The highest BCUT2D eigenvalue weighted by Crippen LogP contribution is 2.39. The number of unbranched alkanes of at least 4 members (excludes halogenated alkanes) is 1. The van der Waals surface area contributed by atoms with Gasteiger partial charge in [0, 0.05) is 0 Å². The van der Waals surface area contributed by atoms with Crippen molar-refractivity contribution in [3.8, 4) is 11.5 Å². The summed E-state index contributed by atoms with van der Waals surface area (Å²) in [4.78, 5) is 37.9. The molecule has 1 aromatic carbocycles. The number of benzene rings is 1. The predicted octanol–water partition coefficient (Wildman–Crippen LogP) is 5.02. The van der Waals surface area contributed by atoms with Crippen LogP contribution in [0, 0.1) is 0 Å². The van der Waals surface area contributed by atoms with Gasteiger partial charge < -0.3 is 14.2 Å². The molecule has 0 aliphatic carbocycles. The van der Waals surface area contributed by atoms with E-state index in [1.807, 2.05) is 20.8 Å². The van der Waals surface area contributed by atoms with Gasteiger partial charge in [0.25, 0.3) is 11.1 Å². The van der Waals surface area contributed by atoms with E-state index < -0.39 is 17.1 Å². The third kappa shape index (κ3) is 6.50. The second-order valence-corrected chi connectivity index (χ2v) is 8.30. The van der Waals surface area contributed by atoms with Crippen molar-refractivity contribution < 1.29 is 28.6 Å². The van der Waals surface area contributed by atoms with Crippen LogP contribution in [-0.2, 0) is 14.3 Å². The second-order valence-electron chi connectivity index (χ2n) is 6.45. The first kappa shape index (κ1) is 24.3. The molecule has 0 unspecified atom stereocenters. The molecule has 1 fully saturated rings. The number of carbonyl (C=O) groups excluding carboxylic acids is 3. The highest BCUT2D eigenvalue weighted by atomic mass is 79.9. The van der Waals surface area contributed by atoms with Crippen molar-refractivity contribution in [2.24, 2.45) is 0 Å². The fourth-order valence-electron chi connectivity index (χ4n) is 2.57. The molecule has 0 bridgehead atoms. The molecule has 2 rings (SSSR count). The van der Waals surface area contributed by atoms with E-state index in [0.717, 1.165) is 35.9 Å². The summed E-state index contributed by atoms with van der Waals surface area (Å²) in [6, 6.07) is 3.55. The van der Waals surface area contributed by atoms with Crippen LogP contribution in [0.1, 0.15) is 45.6 Å². The van der Waals surface area contributed by atoms with E-state index in [-0.39, 0.29) is 18.1 Å². The molecule has 0 N–H and O–H groups in total. The molecule has 2 amide bonds. The van der Waals surface area contributed by atoms with Gasteiger partial charge in [0.05, 0.1) is 29.2 Å². The standard InChI is InChI=1S/C21H26BrNO6S/c1-4-7-9-28-18(24)13-23-20(25)17(30-21(23)26)12-14-10-15(22)19(29-8-5-2)16(11-14)27-6-3/h10-12H,4-9,13H2,1-3H3/b17-12-. The maximum absolute atomic E-state index is 12.6. The smallest absolute Gasteiger partial charge is 0.326 e. The van der Waals surface area contributed by atoms with E-state index >= 15 is 0 Å². The van der Waals surface area contributed by atoms with E-state index in [1.165, 1.54) is 0 Å². The predicted molar refractivity (Wildman–Crippen MR) is 120 cm³/mol. The first-order chi connectivity index (χ1) is 14.4. The van der Waals surface area contributed by atoms with Gasteiger partial charge in [-0.05, 0) is 71.2 Å². The average Bonchev–Trinajstić information content (AvgIpc) is 2.95. The molecule has 0 atom stereocenters. The van der Waals surface area contributed by atoms with Crippen LogP contribution in [-0.4, -0.2) is 48.4 Å². The number of imide groups is 1. The normalized spacial score (nSPS) is 15.1. The Hall–Kier alpha value is -2.00. The lowest BCUT2D eigenvalue weighted by Crippen LogP contribution is -2.34. The largest absolute Gasteiger partial charge is 0.490 e. The molecule has 9 heteroatoms. The fraction of sp³-hybridized carbons (Fsp3) is 0.476. The molecule has 0 spiro atoms. The molecule has 1 aliphatic heterocycles.